The Morgan fingerprint density at radius 3 is 1.75 bits per heavy atom. The molecule has 0 aliphatic rings. The van der Waals surface area contributed by atoms with Crippen molar-refractivity contribution < 1.29 is 13.7 Å². The minimum absolute atomic E-state index is 0.0641. The van der Waals surface area contributed by atoms with Gasteiger partial charge in [-0.25, -0.2) is 4.98 Å². The van der Waals surface area contributed by atoms with E-state index in [4.69, 9.17) is 18.7 Å². The van der Waals surface area contributed by atoms with Gasteiger partial charge in [0.1, 0.15) is 5.82 Å². The zero-order chi connectivity index (χ0) is 43.8. The molecule has 0 spiro atoms. The summed E-state index contributed by atoms with van der Waals surface area (Å²) in [6.07, 6.45) is 0. The van der Waals surface area contributed by atoms with E-state index < -0.39 is 36.3 Å². The zero-order valence-electron chi connectivity index (χ0n) is 38.3. The van der Waals surface area contributed by atoms with Crippen LogP contribution in [0.4, 0.5) is 0 Å². The molecule has 2 heteroatoms. The van der Waals surface area contributed by atoms with Gasteiger partial charge in [0.2, 0.25) is 0 Å². The van der Waals surface area contributed by atoms with E-state index in [0.717, 1.165) is 61.0 Å². The van der Waals surface area contributed by atoms with E-state index in [1.807, 2.05) is 103 Å². The van der Waals surface area contributed by atoms with Crippen LogP contribution in [-0.2, 0) is 0 Å². The second-order valence-electron chi connectivity index (χ2n) is 12.8. The smallest absolute Gasteiger partial charge is 0.145 e. The highest BCUT2D eigenvalue weighted by molar-refractivity contribution is 6.22. The summed E-state index contributed by atoms with van der Waals surface area (Å²) in [5, 5.41) is 3.26. The normalized spacial score (nSPS) is 14.0. The first-order valence-corrected chi connectivity index (χ1v) is 17.3. The van der Waals surface area contributed by atoms with Gasteiger partial charge in [0.25, 0.3) is 0 Å². The van der Waals surface area contributed by atoms with E-state index in [0.29, 0.717) is 22.1 Å². The van der Waals surface area contributed by atoms with E-state index in [-0.39, 0.29) is 35.3 Å². The Morgan fingerprint density at radius 1 is 0.396 bits per heavy atom. The van der Waals surface area contributed by atoms with Gasteiger partial charge in [-0.05, 0) is 90.8 Å². The molecule has 248 valence electrons. The van der Waals surface area contributed by atoms with Crippen LogP contribution < -0.4 is 0 Å². The Bertz CT molecular complexity index is 3470. The van der Waals surface area contributed by atoms with Crippen molar-refractivity contribution in [2.45, 2.75) is 0 Å². The predicted octanol–water partition coefficient (Wildman–Crippen LogP) is 13.7. The molecule has 0 fully saturated rings. The molecule has 0 unspecified atom stereocenters. The van der Waals surface area contributed by atoms with Crippen molar-refractivity contribution in [3.8, 4) is 61.6 Å². The summed E-state index contributed by atoms with van der Waals surface area (Å²) in [6, 6.07) is 43.1. The molecule has 1 heterocycles. The molecule has 0 amide bonds. The second-order valence-corrected chi connectivity index (χ2v) is 12.8. The van der Waals surface area contributed by atoms with Crippen molar-refractivity contribution in [3.63, 3.8) is 0 Å². The summed E-state index contributed by atoms with van der Waals surface area (Å²) < 4.78 is 87.9. The van der Waals surface area contributed by atoms with Crippen molar-refractivity contribution in [2.24, 2.45) is 0 Å². The number of rotatable bonds is 6. The fourth-order valence-corrected chi connectivity index (χ4v) is 7.48. The van der Waals surface area contributed by atoms with Crippen LogP contribution in [-0.4, -0.2) is 9.55 Å². The lowest BCUT2D eigenvalue weighted by atomic mass is 9.84. The number of imidazole rings is 1. The van der Waals surface area contributed by atoms with Gasteiger partial charge in [-0.3, -0.25) is 4.57 Å². The summed E-state index contributed by atoms with van der Waals surface area (Å²) in [5.74, 6) is 0.766. The Morgan fingerprint density at radius 2 is 0.981 bits per heavy atom. The maximum atomic E-state index is 8.92. The van der Waals surface area contributed by atoms with Gasteiger partial charge in [0.05, 0.1) is 30.4 Å². The topological polar surface area (TPSA) is 17.8 Å². The quantitative estimate of drug-likeness (QED) is 0.159. The van der Waals surface area contributed by atoms with Crippen molar-refractivity contribution in [1.29, 1.82) is 0 Å². The maximum absolute atomic E-state index is 8.92. The first kappa shape index (κ1) is 22.0. The van der Waals surface area contributed by atoms with Crippen LogP contribution in [0.5, 0.6) is 0 Å². The summed E-state index contributed by atoms with van der Waals surface area (Å²) >= 11 is 0. The van der Waals surface area contributed by atoms with Gasteiger partial charge in [0.15, 0.2) is 0 Å². The van der Waals surface area contributed by atoms with Crippen molar-refractivity contribution in [1.82, 2.24) is 9.55 Å². The highest BCUT2D eigenvalue weighted by Crippen LogP contribution is 2.47. The lowest BCUT2D eigenvalue weighted by Crippen LogP contribution is -2.01. The molecular formula is C51H34N2. The van der Waals surface area contributed by atoms with Crippen LogP contribution in [0.3, 0.4) is 0 Å². The van der Waals surface area contributed by atoms with Crippen LogP contribution in [0.1, 0.15) is 13.7 Å². The number of nitrogens with zero attached hydrogens (tertiary/aromatic N) is 2. The third-order valence-electron chi connectivity index (χ3n) is 9.76. The largest absolute Gasteiger partial charge is 0.292 e. The first-order chi connectivity index (χ1) is 30.5. The molecule has 0 radical (unpaired) electrons. The van der Waals surface area contributed by atoms with Crippen LogP contribution in [0.2, 0.25) is 0 Å². The number of aromatic nitrogens is 2. The lowest BCUT2D eigenvalue weighted by Gasteiger charge is -2.21. The van der Waals surface area contributed by atoms with E-state index in [9.17, 15) is 0 Å². The van der Waals surface area contributed by atoms with Crippen LogP contribution >= 0.6 is 0 Å². The summed E-state index contributed by atoms with van der Waals surface area (Å²) in [7, 11) is 0. The molecule has 0 aliphatic carbocycles. The standard InChI is InChI=1S/C51H34N2/c1-4-17-35(18-5-1)38-23-16-24-40(33-38)49-41-25-10-11-26-42(41)50(43-32-31-39(34-45(43)49)36-19-6-2-7-20-36)44-27-12-14-29-47(44)53-48-30-15-13-28-46(48)52-51(53)37-21-8-3-9-22-37/h1-34H/i1D,2D,4D,5D,6D,7D,17D,18D,19D,20D. The second kappa shape index (κ2) is 12.9. The molecule has 10 aromatic rings. The molecule has 0 saturated heterocycles. The van der Waals surface area contributed by atoms with Crippen molar-refractivity contribution in [2.75, 3.05) is 0 Å². The molecule has 0 saturated carbocycles. The van der Waals surface area contributed by atoms with Gasteiger partial charge < -0.3 is 0 Å². The predicted molar refractivity (Wildman–Crippen MR) is 223 cm³/mol. The highest BCUT2D eigenvalue weighted by Gasteiger charge is 2.22. The lowest BCUT2D eigenvalue weighted by molar-refractivity contribution is 1.10. The zero-order valence-corrected chi connectivity index (χ0v) is 28.3. The molecular weight excluding hydrogens is 641 g/mol. The number of para-hydroxylation sites is 3. The van der Waals surface area contributed by atoms with Crippen LogP contribution in [0, 0.1) is 0 Å². The van der Waals surface area contributed by atoms with Gasteiger partial charge in [-0.1, -0.05) is 176 Å². The molecule has 1 aromatic heterocycles. The molecule has 53 heavy (non-hydrogen) atoms. The molecule has 0 atom stereocenters. The van der Waals surface area contributed by atoms with E-state index in [1.165, 1.54) is 0 Å². The molecule has 0 aliphatic heterocycles. The molecule has 0 N–H and O–H groups in total. The summed E-state index contributed by atoms with van der Waals surface area (Å²) in [6.45, 7) is 0. The Kier molecular flexibility index (Phi) is 5.38. The number of hydrogen-bond donors (Lipinski definition) is 0. The average Bonchev–Trinajstić information content (AvgIpc) is 3.71. The molecule has 9 aromatic carbocycles. The van der Waals surface area contributed by atoms with Crippen molar-refractivity contribution >= 4 is 32.6 Å². The SMILES string of the molecule is [2H]c1c([2H])c([2H])c(-c2cccc(-c3c4ccccc4c(-c4ccccc4-n4c(-c5ccccc5)nc5ccccc54)c4ccc(-c5c([2H])c([2H])c([2H])c([2H])c5[2H])cc34)c2)c([2H])c1[2H]. The highest BCUT2D eigenvalue weighted by atomic mass is 15.1. The summed E-state index contributed by atoms with van der Waals surface area (Å²) in [4.78, 5) is 5.14. The number of fused-ring (bicyclic) bond motifs is 3. The molecule has 2 nitrogen and oxygen atoms in total. The van der Waals surface area contributed by atoms with E-state index >= 15 is 0 Å². The third kappa shape index (κ3) is 5.32. The fraction of sp³-hybridized carbons (Fsp3) is 0. The maximum Gasteiger partial charge on any atom is 0.145 e. The fourth-order valence-electron chi connectivity index (χ4n) is 7.48. The van der Waals surface area contributed by atoms with E-state index in [2.05, 4.69) is 28.8 Å². The third-order valence-corrected chi connectivity index (χ3v) is 9.76. The number of benzene rings is 9. The molecule has 0 bridgehead atoms. The number of hydrogen-bond acceptors (Lipinski definition) is 1. The van der Waals surface area contributed by atoms with Gasteiger partial charge in [-0.15, -0.1) is 0 Å². The average molecular weight is 685 g/mol. The Labute approximate surface area is 323 Å². The minimum Gasteiger partial charge on any atom is -0.292 e. The van der Waals surface area contributed by atoms with Crippen LogP contribution in [0.15, 0.2) is 206 Å². The van der Waals surface area contributed by atoms with E-state index in [1.54, 1.807) is 18.2 Å². The first-order valence-electron chi connectivity index (χ1n) is 22.3. The van der Waals surface area contributed by atoms with Crippen LogP contribution in [0.25, 0.3) is 94.2 Å². The summed E-state index contributed by atoms with van der Waals surface area (Å²) in [5.41, 5.74) is 7.78. The monoisotopic (exact) mass is 684 g/mol. The van der Waals surface area contributed by atoms with Gasteiger partial charge in [-0.2, -0.15) is 0 Å². The minimum atomic E-state index is -0.480. The Hall–Kier alpha value is -7.03. The van der Waals surface area contributed by atoms with Gasteiger partial charge >= 0.3 is 0 Å². The molecule has 10 rings (SSSR count). The Balaban J connectivity index is 1.33. The van der Waals surface area contributed by atoms with Gasteiger partial charge in [0, 0.05) is 11.1 Å². The van der Waals surface area contributed by atoms with Crippen molar-refractivity contribution in [3.05, 3.63) is 206 Å².